The third kappa shape index (κ3) is 2.61. The molecule has 2 aromatic carbocycles. The van der Waals surface area contributed by atoms with Gasteiger partial charge in [0, 0.05) is 0 Å². The number of nitrogens with zero attached hydrogens (tertiary/aromatic N) is 1. The Kier molecular flexibility index (Phi) is 3.70. The predicted octanol–water partition coefficient (Wildman–Crippen LogP) is 3.20. The van der Waals surface area contributed by atoms with Crippen LogP contribution in [0, 0.1) is 0 Å². The fourth-order valence-corrected chi connectivity index (χ4v) is 9.51. The zero-order valence-electron chi connectivity index (χ0n) is 10.2. The van der Waals surface area contributed by atoms with Gasteiger partial charge in [0.05, 0.1) is 0 Å². The number of allylic oxidation sites excluding steroid dienone is 1. The van der Waals surface area contributed by atoms with Crippen LogP contribution in [-0.4, -0.2) is 5.71 Å². The standard InChI is InChI=1S/C10H8N.C6H5.Hg/c1-2-5-9(6-3-1)10-7-4-8-11-10;1-2-4-6-5-3-1;/h1-8H;1-5H;. The van der Waals surface area contributed by atoms with E-state index in [0.29, 0.717) is 3.43 Å². The van der Waals surface area contributed by atoms with E-state index in [1.165, 1.54) is 11.3 Å². The molecule has 0 bridgehead atoms. The maximum absolute atomic E-state index is 4.58. The second-order valence-corrected chi connectivity index (χ2v) is 12.7. The Morgan fingerprint density at radius 2 is 1.50 bits per heavy atom. The third-order valence-corrected chi connectivity index (χ3v) is 11.2. The molecule has 0 fully saturated rings. The van der Waals surface area contributed by atoms with Crippen LogP contribution in [0.3, 0.4) is 0 Å². The van der Waals surface area contributed by atoms with Crippen LogP contribution in [0.5, 0.6) is 0 Å². The minimum atomic E-state index is -1.16. The van der Waals surface area contributed by atoms with Crippen molar-refractivity contribution in [1.29, 1.82) is 0 Å². The molecule has 0 N–H and O–H groups in total. The predicted molar refractivity (Wildman–Crippen MR) is 71.9 cm³/mol. The van der Waals surface area contributed by atoms with E-state index in [0.717, 1.165) is 0 Å². The molecule has 18 heavy (non-hydrogen) atoms. The summed E-state index contributed by atoms with van der Waals surface area (Å²) in [7, 11) is 0. The average molecular weight is 420 g/mol. The van der Waals surface area contributed by atoms with Crippen molar-refractivity contribution in [2.75, 3.05) is 0 Å². The van der Waals surface area contributed by atoms with Gasteiger partial charge in [-0.15, -0.1) is 0 Å². The number of benzene rings is 2. The Labute approximate surface area is 120 Å². The number of aliphatic imine (C=N–C) groups is 1. The molecule has 0 spiro atoms. The summed E-state index contributed by atoms with van der Waals surface area (Å²) in [5, 5.41) is 0. The summed E-state index contributed by atoms with van der Waals surface area (Å²) in [6, 6.07) is 21.5. The van der Waals surface area contributed by atoms with Crippen molar-refractivity contribution in [1.82, 2.24) is 0 Å². The monoisotopic (exact) mass is 421 g/mol. The first-order valence-corrected chi connectivity index (χ1v) is 12.2. The fraction of sp³-hybridized carbons (Fsp3) is 0.0625. The number of rotatable bonds is 3. The van der Waals surface area contributed by atoms with Crippen LogP contribution < -0.4 is 3.07 Å². The minimum absolute atomic E-state index is 0.620. The second-order valence-electron chi connectivity index (χ2n) is 4.52. The van der Waals surface area contributed by atoms with Gasteiger partial charge >= 0.3 is 120 Å². The average Bonchev–Trinajstić information content (AvgIpc) is 2.89. The summed E-state index contributed by atoms with van der Waals surface area (Å²) in [4.78, 5) is 4.58. The summed E-state index contributed by atoms with van der Waals surface area (Å²) in [6.45, 7) is 0. The topological polar surface area (TPSA) is 12.4 Å². The number of hydrogen-bond donors (Lipinski definition) is 0. The Morgan fingerprint density at radius 1 is 0.833 bits per heavy atom. The number of hydrogen-bond acceptors (Lipinski definition) is 1. The van der Waals surface area contributed by atoms with Crippen molar-refractivity contribution in [3.63, 3.8) is 0 Å². The van der Waals surface area contributed by atoms with Crippen LogP contribution in [0.4, 0.5) is 0 Å². The van der Waals surface area contributed by atoms with Crippen LogP contribution in [0.25, 0.3) is 0 Å². The van der Waals surface area contributed by atoms with E-state index in [1.807, 2.05) is 6.20 Å². The molecule has 0 saturated heterocycles. The molecule has 0 radical (unpaired) electrons. The normalized spacial score (nSPS) is 17.3. The van der Waals surface area contributed by atoms with Gasteiger partial charge in [0.2, 0.25) is 0 Å². The Bertz CT molecular complexity index is 573. The van der Waals surface area contributed by atoms with Gasteiger partial charge in [0.1, 0.15) is 0 Å². The molecule has 2 aromatic rings. The summed E-state index contributed by atoms with van der Waals surface area (Å²) >= 11 is -1.16. The van der Waals surface area contributed by atoms with Crippen molar-refractivity contribution in [2.45, 2.75) is 3.43 Å². The molecular weight excluding hydrogens is 407 g/mol. The third-order valence-electron chi connectivity index (χ3n) is 3.25. The molecular formula is C16H13HgN. The first-order valence-electron chi connectivity index (χ1n) is 6.27. The van der Waals surface area contributed by atoms with Crippen LogP contribution in [0.15, 0.2) is 77.9 Å². The van der Waals surface area contributed by atoms with Crippen LogP contribution >= 0.6 is 0 Å². The first-order chi connectivity index (χ1) is 8.93. The first kappa shape index (κ1) is 11.9. The summed E-state index contributed by atoms with van der Waals surface area (Å²) < 4.78 is 2.20. The van der Waals surface area contributed by atoms with Crippen LogP contribution in [-0.2, 0) is 24.6 Å². The van der Waals surface area contributed by atoms with E-state index in [9.17, 15) is 0 Å². The molecule has 2 heteroatoms. The molecule has 1 heterocycles. The Morgan fingerprint density at radius 3 is 2.22 bits per heavy atom. The summed E-state index contributed by atoms with van der Waals surface area (Å²) in [5.41, 5.74) is 2.56. The molecule has 0 amide bonds. The van der Waals surface area contributed by atoms with Gasteiger partial charge in [-0.25, -0.2) is 0 Å². The van der Waals surface area contributed by atoms with E-state index in [4.69, 9.17) is 0 Å². The van der Waals surface area contributed by atoms with Crippen molar-refractivity contribution < 1.29 is 24.6 Å². The van der Waals surface area contributed by atoms with E-state index in [2.05, 4.69) is 71.7 Å². The van der Waals surface area contributed by atoms with Crippen LogP contribution in [0.1, 0.15) is 5.56 Å². The molecule has 1 unspecified atom stereocenters. The molecule has 84 valence electrons. The van der Waals surface area contributed by atoms with E-state index >= 15 is 0 Å². The molecule has 0 aromatic heterocycles. The zero-order valence-corrected chi connectivity index (χ0v) is 15.7. The van der Waals surface area contributed by atoms with E-state index in [1.54, 1.807) is 3.07 Å². The van der Waals surface area contributed by atoms with E-state index in [-0.39, 0.29) is 0 Å². The zero-order chi connectivity index (χ0) is 12.2. The summed E-state index contributed by atoms with van der Waals surface area (Å²) in [5.74, 6) is 0. The molecule has 0 aliphatic carbocycles. The van der Waals surface area contributed by atoms with Crippen molar-refractivity contribution in [3.05, 3.63) is 78.5 Å². The van der Waals surface area contributed by atoms with Crippen molar-refractivity contribution >= 4 is 8.78 Å². The van der Waals surface area contributed by atoms with Crippen molar-refractivity contribution in [2.24, 2.45) is 4.99 Å². The Balaban J connectivity index is 1.82. The molecule has 1 atom stereocenters. The van der Waals surface area contributed by atoms with Gasteiger partial charge < -0.3 is 0 Å². The molecule has 1 aliphatic rings. The van der Waals surface area contributed by atoms with Gasteiger partial charge in [0.25, 0.3) is 0 Å². The maximum atomic E-state index is 4.58. The fourth-order valence-electron chi connectivity index (χ4n) is 2.34. The van der Waals surface area contributed by atoms with Gasteiger partial charge in [-0.05, 0) is 0 Å². The van der Waals surface area contributed by atoms with Gasteiger partial charge in [-0.2, -0.15) is 0 Å². The molecule has 1 nitrogen and oxygen atoms in total. The molecule has 0 saturated carbocycles. The Hall–Kier alpha value is -1.21. The SMILES string of the molecule is C1=C[CH]([Hg][c]2ccccc2)C(c2ccccc2)=N1. The van der Waals surface area contributed by atoms with Crippen molar-refractivity contribution in [3.8, 4) is 0 Å². The van der Waals surface area contributed by atoms with Crippen LogP contribution in [0.2, 0.25) is 3.43 Å². The second kappa shape index (κ2) is 5.62. The summed E-state index contributed by atoms with van der Waals surface area (Å²) in [6.07, 6.45) is 4.27. The van der Waals surface area contributed by atoms with Gasteiger partial charge in [0.15, 0.2) is 0 Å². The molecule has 3 rings (SSSR count). The van der Waals surface area contributed by atoms with Gasteiger partial charge in [-0.3, -0.25) is 0 Å². The molecule has 1 aliphatic heterocycles. The van der Waals surface area contributed by atoms with E-state index < -0.39 is 24.6 Å². The van der Waals surface area contributed by atoms with Gasteiger partial charge in [-0.1, -0.05) is 0 Å². The quantitative estimate of drug-likeness (QED) is 0.677.